The Balaban J connectivity index is 1.24. The average Bonchev–Trinajstić information content (AvgIpc) is 2.99. The number of hydrogen-bond donors (Lipinski definition) is 1. The van der Waals surface area contributed by atoms with Gasteiger partial charge in [-0.15, -0.1) is 0 Å². The fourth-order valence-corrected chi connectivity index (χ4v) is 4.55. The first kappa shape index (κ1) is 21.2. The fraction of sp³-hybridized carbons (Fsp3) is 0.364. The third-order valence-electron chi connectivity index (χ3n) is 5.74. The molecule has 5 nitrogen and oxygen atoms in total. The molecule has 0 radical (unpaired) electrons. The molecule has 158 valence electrons. The Kier molecular flexibility index (Phi) is 6.37. The molecule has 4 rings (SSSR count). The molecule has 2 aromatic carbocycles. The predicted molar refractivity (Wildman–Crippen MR) is 123 cm³/mol. The lowest BCUT2D eigenvalue weighted by Gasteiger charge is -2.42. The van der Waals surface area contributed by atoms with Crippen molar-refractivity contribution in [3.05, 3.63) is 64.1 Å². The molecule has 1 aliphatic heterocycles. The highest BCUT2D eigenvalue weighted by molar-refractivity contribution is 7.80. The minimum Gasteiger partial charge on any atom is -0.484 e. The molecule has 1 aliphatic carbocycles. The topological polar surface area (TPSA) is 44.8 Å². The lowest BCUT2D eigenvalue weighted by atomic mass is 9.85. The highest BCUT2D eigenvalue weighted by Gasteiger charge is 2.42. The van der Waals surface area contributed by atoms with E-state index < -0.39 is 0 Å². The van der Waals surface area contributed by atoms with E-state index in [9.17, 15) is 4.79 Å². The molecule has 1 N–H and O–H groups in total. The zero-order chi connectivity index (χ0) is 21.3. The smallest absolute Gasteiger partial charge is 0.258 e. The Bertz CT molecular complexity index is 917. The van der Waals surface area contributed by atoms with Crippen molar-refractivity contribution in [2.75, 3.05) is 20.2 Å². The minimum atomic E-state index is -0.117. The lowest BCUT2D eigenvalue weighted by Crippen LogP contribution is -2.55. The second kappa shape index (κ2) is 9.00. The molecular weight excluding hydrogens is 441 g/mol. The summed E-state index contributed by atoms with van der Waals surface area (Å²) in [5, 5.41) is 5.26. The monoisotopic (exact) mass is 463 g/mol. The first-order valence-corrected chi connectivity index (χ1v) is 11.0. The Morgan fingerprint density at radius 1 is 1.10 bits per heavy atom. The van der Waals surface area contributed by atoms with Crippen molar-refractivity contribution in [1.29, 1.82) is 0 Å². The molecular formula is C22H23Cl2N3O2S. The number of nitrogens with zero attached hydrogens (tertiary/aromatic N) is 2. The largest absolute Gasteiger partial charge is 0.484 e. The summed E-state index contributed by atoms with van der Waals surface area (Å²) < 4.78 is 5.50. The van der Waals surface area contributed by atoms with Crippen LogP contribution in [0.1, 0.15) is 24.4 Å². The molecule has 0 spiro atoms. The molecule has 30 heavy (non-hydrogen) atoms. The van der Waals surface area contributed by atoms with Crippen LogP contribution in [-0.2, 0) is 4.79 Å². The summed E-state index contributed by atoms with van der Waals surface area (Å²) in [5.74, 6) is 0.508. The predicted octanol–water partition coefficient (Wildman–Crippen LogP) is 4.29. The molecule has 2 aromatic rings. The summed E-state index contributed by atoms with van der Waals surface area (Å²) in [6.45, 7) is 0.842. The van der Waals surface area contributed by atoms with Crippen molar-refractivity contribution in [2.24, 2.45) is 0 Å². The van der Waals surface area contributed by atoms with Crippen molar-refractivity contribution in [3.63, 3.8) is 0 Å². The van der Waals surface area contributed by atoms with Crippen LogP contribution in [-0.4, -0.2) is 53.1 Å². The first-order chi connectivity index (χ1) is 14.4. The number of thiocarbonyl (C=S) groups is 1. The maximum atomic E-state index is 12.2. The van der Waals surface area contributed by atoms with E-state index in [-0.39, 0.29) is 24.6 Å². The van der Waals surface area contributed by atoms with Gasteiger partial charge in [-0.1, -0.05) is 35.3 Å². The molecule has 1 amide bonds. The lowest BCUT2D eigenvalue weighted by molar-refractivity contribution is -0.124. The number of amides is 1. The standard InChI is InChI=1S/C22H23Cl2N3O2S/c1-26-20(14-2-4-15(23)5-3-14)12-27(22(26)30)18-10-17(11-18)25-21(28)13-29-19-8-6-16(24)7-9-19/h2-9,17-18,20H,10-13H2,1H3,(H,25,28). The van der Waals surface area contributed by atoms with Gasteiger partial charge in [-0.3, -0.25) is 4.79 Å². The highest BCUT2D eigenvalue weighted by Crippen LogP contribution is 2.35. The van der Waals surface area contributed by atoms with Gasteiger partial charge in [-0.2, -0.15) is 0 Å². The molecule has 2 aliphatic rings. The quantitative estimate of drug-likeness (QED) is 0.647. The van der Waals surface area contributed by atoms with Gasteiger partial charge >= 0.3 is 0 Å². The van der Waals surface area contributed by atoms with Crippen LogP contribution < -0.4 is 10.1 Å². The van der Waals surface area contributed by atoms with Gasteiger partial charge in [-0.25, -0.2) is 0 Å². The third-order valence-corrected chi connectivity index (χ3v) is 6.77. The van der Waals surface area contributed by atoms with Crippen LogP contribution in [0.4, 0.5) is 0 Å². The van der Waals surface area contributed by atoms with Crippen molar-refractivity contribution >= 4 is 46.4 Å². The van der Waals surface area contributed by atoms with Crippen molar-refractivity contribution in [2.45, 2.75) is 31.0 Å². The van der Waals surface area contributed by atoms with E-state index >= 15 is 0 Å². The molecule has 1 saturated carbocycles. The summed E-state index contributed by atoms with van der Waals surface area (Å²) >= 11 is 17.5. The maximum Gasteiger partial charge on any atom is 0.258 e. The van der Waals surface area contributed by atoms with Crippen LogP contribution in [0, 0.1) is 0 Å². The van der Waals surface area contributed by atoms with Crippen molar-refractivity contribution < 1.29 is 9.53 Å². The van der Waals surface area contributed by atoms with Crippen LogP contribution in [0.2, 0.25) is 10.0 Å². The van der Waals surface area contributed by atoms with Crippen molar-refractivity contribution in [3.8, 4) is 5.75 Å². The van der Waals surface area contributed by atoms with Crippen LogP contribution in [0.25, 0.3) is 0 Å². The number of carbonyl (C=O) groups excluding carboxylic acids is 1. The second-order valence-electron chi connectivity index (χ2n) is 7.75. The summed E-state index contributed by atoms with van der Waals surface area (Å²) in [4.78, 5) is 16.6. The van der Waals surface area contributed by atoms with E-state index in [1.54, 1.807) is 24.3 Å². The van der Waals surface area contributed by atoms with E-state index in [4.69, 9.17) is 40.2 Å². The highest BCUT2D eigenvalue weighted by atomic mass is 35.5. The molecule has 2 fully saturated rings. The number of likely N-dealkylation sites (N-methyl/N-ethyl adjacent to an activating group) is 1. The number of rotatable bonds is 6. The van der Waals surface area contributed by atoms with Crippen molar-refractivity contribution in [1.82, 2.24) is 15.1 Å². The zero-order valence-corrected chi connectivity index (χ0v) is 18.9. The molecule has 1 heterocycles. The summed E-state index contributed by atoms with van der Waals surface area (Å²) in [6.07, 6.45) is 1.77. The Morgan fingerprint density at radius 3 is 2.33 bits per heavy atom. The molecule has 8 heteroatoms. The third kappa shape index (κ3) is 4.66. The zero-order valence-electron chi connectivity index (χ0n) is 16.6. The Labute approximate surface area is 191 Å². The van der Waals surface area contributed by atoms with E-state index in [0.29, 0.717) is 16.8 Å². The second-order valence-corrected chi connectivity index (χ2v) is 8.98. The van der Waals surface area contributed by atoms with Gasteiger partial charge in [0.15, 0.2) is 11.7 Å². The summed E-state index contributed by atoms with van der Waals surface area (Å²) in [7, 11) is 2.04. The minimum absolute atomic E-state index is 0.00763. The van der Waals surface area contributed by atoms with Gasteiger partial charge in [0.05, 0.1) is 6.04 Å². The number of hydrogen-bond acceptors (Lipinski definition) is 3. The Hall–Kier alpha value is -2.02. The summed E-state index contributed by atoms with van der Waals surface area (Å²) in [5.41, 5.74) is 1.20. The molecule has 1 atom stereocenters. The SMILES string of the molecule is CN1C(=S)N(C2CC(NC(=O)COc3ccc(Cl)cc3)C2)CC1c1ccc(Cl)cc1. The van der Waals surface area contributed by atoms with Crippen LogP contribution in [0.5, 0.6) is 5.75 Å². The maximum absolute atomic E-state index is 12.2. The average molecular weight is 464 g/mol. The van der Waals surface area contributed by atoms with E-state index in [1.165, 1.54) is 5.56 Å². The number of benzene rings is 2. The van der Waals surface area contributed by atoms with Crippen LogP contribution >= 0.6 is 35.4 Å². The summed E-state index contributed by atoms with van der Waals surface area (Å²) in [6, 6.07) is 15.6. The van der Waals surface area contributed by atoms with E-state index in [0.717, 1.165) is 29.5 Å². The number of carbonyl (C=O) groups is 1. The van der Waals surface area contributed by atoms with Crippen LogP contribution in [0.15, 0.2) is 48.5 Å². The van der Waals surface area contributed by atoms with Gasteiger partial charge in [0.1, 0.15) is 5.75 Å². The number of nitrogens with one attached hydrogen (secondary N) is 1. The van der Waals surface area contributed by atoms with E-state index in [2.05, 4.69) is 27.2 Å². The van der Waals surface area contributed by atoms with E-state index in [1.807, 2.05) is 19.2 Å². The Morgan fingerprint density at radius 2 is 1.70 bits per heavy atom. The number of ether oxygens (including phenoxy) is 1. The van der Waals surface area contributed by atoms with Gasteiger partial charge in [0.2, 0.25) is 0 Å². The fourth-order valence-electron chi connectivity index (χ4n) is 3.95. The molecule has 1 saturated heterocycles. The number of halogens is 2. The van der Waals surface area contributed by atoms with Gasteiger partial charge in [-0.05, 0) is 67.0 Å². The van der Waals surface area contributed by atoms with Crippen LogP contribution in [0.3, 0.4) is 0 Å². The molecule has 0 aromatic heterocycles. The van der Waals surface area contributed by atoms with Gasteiger partial charge < -0.3 is 19.9 Å². The first-order valence-electron chi connectivity index (χ1n) is 9.87. The molecule has 1 unspecified atom stereocenters. The normalized spacial score (nSPS) is 23.3. The van der Waals surface area contributed by atoms with Gasteiger partial charge in [0, 0.05) is 35.7 Å². The molecule has 0 bridgehead atoms. The van der Waals surface area contributed by atoms with Gasteiger partial charge in [0.25, 0.3) is 5.91 Å².